The van der Waals surface area contributed by atoms with Crippen molar-refractivity contribution in [3.05, 3.63) is 71.0 Å². The minimum absolute atomic E-state index is 0.0107. The number of likely N-dealkylation sites (N-methyl/N-ethyl adjacent to an activating group) is 1. The molecule has 236 valence electrons. The summed E-state index contributed by atoms with van der Waals surface area (Å²) in [5.74, 6) is -3.61. The molecule has 0 saturated carbocycles. The zero-order valence-electron chi connectivity index (χ0n) is 23.7. The van der Waals surface area contributed by atoms with Gasteiger partial charge in [-0.25, -0.2) is 9.59 Å². The normalized spacial score (nSPS) is 27.8. The molecule has 1 saturated heterocycles. The van der Waals surface area contributed by atoms with Crippen molar-refractivity contribution < 1.29 is 57.5 Å². The quantitative estimate of drug-likeness (QED) is 0.313. The minimum atomic E-state index is -5.08. The fourth-order valence-electron chi connectivity index (χ4n) is 6.78. The molecule has 0 aromatic heterocycles. The van der Waals surface area contributed by atoms with E-state index in [1.54, 1.807) is 42.5 Å². The van der Waals surface area contributed by atoms with Gasteiger partial charge in [0.15, 0.2) is 23.7 Å². The van der Waals surface area contributed by atoms with Crippen molar-refractivity contribution in [2.24, 2.45) is 0 Å². The van der Waals surface area contributed by atoms with E-state index < -0.39 is 53.3 Å². The van der Waals surface area contributed by atoms with Gasteiger partial charge in [0.2, 0.25) is 0 Å². The molecule has 6 rings (SSSR count). The number of carboxylic acids is 1. The minimum Gasteiger partial charge on any atom is -0.504 e. The Kier molecular flexibility index (Phi) is 7.89. The summed E-state index contributed by atoms with van der Waals surface area (Å²) in [6, 6.07) is 10.7. The summed E-state index contributed by atoms with van der Waals surface area (Å²) in [5.41, 5.74) is 0.201. The molecule has 2 aromatic rings. The number of nitrogens with one attached hydrogen (secondary N) is 1. The van der Waals surface area contributed by atoms with Crippen molar-refractivity contribution in [3.63, 3.8) is 0 Å². The van der Waals surface area contributed by atoms with Gasteiger partial charge >= 0.3 is 18.1 Å². The number of nitrogens with zero attached hydrogens (tertiary/aromatic N) is 1. The molecule has 2 heterocycles. The Morgan fingerprint density at radius 1 is 1.16 bits per heavy atom. The number of aliphatic hydroxyl groups excluding tert-OH is 1. The van der Waals surface area contributed by atoms with Crippen LogP contribution < -0.4 is 10.1 Å². The van der Waals surface area contributed by atoms with Crippen LogP contribution in [0.25, 0.3) is 0 Å². The number of aromatic hydroxyl groups is 1. The smallest absolute Gasteiger partial charge is 0.490 e. The number of likely N-dealkylation sites (tertiary alicyclic amines) is 1. The number of aliphatic hydroxyl groups is 2. The van der Waals surface area contributed by atoms with Gasteiger partial charge < -0.3 is 40.1 Å². The number of amides is 1. The van der Waals surface area contributed by atoms with E-state index >= 15 is 0 Å². The number of benzene rings is 2. The molecule has 2 aliphatic heterocycles. The van der Waals surface area contributed by atoms with Crippen LogP contribution in [0.15, 0.2) is 54.3 Å². The summed E-state index contributed by atoms with van der Waals surface area (Å²) in [6.07, 6.45) is -4.17. The Labute approximate surface area is 249 Å². The number of ether oxygens (including phenoxy) is 2. The summed E-state index contributed by atoms with van der Waals surface area (Å²) in [4.78, 5) is 36.7. The largest absolute Gasteiger partial charge is 0.504 e. The lowest BCUT2D eigenvalue weighted by molar-refractivity contribution is -0.192. The maximum absolute atomic E-state index is 13.1. The molecule has 1 fully saturated rings. The van der Waals surface area contributed by atoms with Crippen molar-refractivity contribution in [2.75, 3.05) is 13.6 Å². The summed E-state index contributed by atoms with van der Waals surface area (Å²) in [7, 11) is 2.00. The molecule has 1 unspecified atom stereocenters. The van der Waals surface area contributed by atoms with Crippen molar-refractivity contribution in [3.8, 4) is 11.5 Å². The van der Waals surface area contributed by atoms with E-state index in [1.807, 2.05) is 13.1 Å². The van der Waals surface area contributed by atoms with Gasteiger partial charge in [0.05, 0.1) is 11.0 Å². The number of halogens is 3. The molecule has 0 radical (unpaired) electrons. The Morgan fingerprint density at radius 3 is 2.45 bits per heavy atom. The molecule has 14 heteroatoms. The highest BCUT2D eigenvalue weighted by molar-refractivity contribution is 5.87. The number of alkyl halides is 3. The Bertz CT molecular complexity index is 1520. The van der Waals surface area contributed by atoms with Crippen LogP contribution in [-0.4, -0.2) is 86.7 Å². The van der Waals surface area contributed by atoms with Gasteiger partial charge in [-0.15, -0.1) is 0 Å². The van der Waals surface area contributed by atoms with Gasteiger partial charge in [0, 0.05) is 18.0 Å². The van der Waals surface area contributed by atoms with Crippen molar-refractivity contribution >= 4 is 17.8 Å². The second-order valence-corrected chi connectivity index (χ2v) is 11.4. The average molecular weight is 621 g/mol. The summed E-state index contributed by atoms with van der Waals surface area (Å²) >= 11 is 0. The third kappa shape index (κ3) is 4.96. The van der Waals surface area contributed by atoms with E-state index in [4.69, 9.17) is 19.4 Å². The number of hydrogen-bond acceptors (Lipinski definition) is 9. The number of hydrogen-bond donors (Lipinski definition) is 5. The third-order valence-corrected chi connectivity index (χ3v) is 8.89. The van der Waals surface area contributed by atoms with Gasteiger partial charge in [-0.3, -0.25) is 4.79 Å². The first-order valence-electron chi connectivity index (χ1n) is 13.8. The first kappa shape index (κ1) is 31.3. The van der Waals surface area contributed by atoms with Crippen molar-refractivity contribution in [2.45, 2.75) is 67.7 Å². The van der Waals surface area contributed by atoms with Crippen LogP contribution in [0.5, 0.6) is 11.5 Å². The summed E-state index contributed by atoms with van der Waals surface area (Å²) in [6.45, 7) is 2.20. The van der Waals surface area contributed by atoms with E-state index in [0.29, 0.717) is 30.7 Å². The summed E-state index contributed by atoms with van der Waals surface area (Å²) < 4.78 is 43.8. The second-order valence-electron chi connectivity index (χ2n) is 11.4. The topological polar surface area (TPSA) is 166 Å². The zero-order valence-corrected chi connectivity index (χ0v) is 23.7. The number of piperidine rings is 1. The lowest BCUT2D eigenvalue weighted by Crippen LogP contribution is -2.74. The number of phenols is 1. The lowest BCUT2D eigenvalue weighted by atomic mass is 9.50. The number of aliphatic carboxylic acids is 1. The Balaban J connectivity index is 0.000000493. The molecule has 44 heavy (non-hydrogen) atoms. The van der Waals surface area contributed by atoms with Crippen LogP contribution in [0, 0.1) is 0 Å². The number of carbonyl (C=O) groups excluding carboxylic acids is 2. The monoisotopic (exact) mass is 620 g/mol. The number of rotatable bonds is 5. The fourth-order valence-corrected chi connectivity index (χ4v) is 6.78. The standard InChI is InChI=1S/C28H30N2O7.C2HF3O2/c1-15(29-25(33)22(32)16-6-4-3-5-7-16)26(34)36-19-10-11-28(35)20-14-17-8-9-18(31)23-21(17)27(28,24(19)37-23)12-13-30(20)2;3-2(4,5)1(6)7/h3-10,15,20,22,24,31-32,35H,11-14H2,1-2H3,(H,29,33);(H,6,7)/t15-,20?,22-,24-,27-,28-;/m0./s1. The number of carbonyl (C=O) groups is 3. The number of phenolic OH excluding ortho intramolecular Hbond substituents is 1. The van der Waals surface area contributed by atoms with Gasteiger partial charge in [-0.1, -0.05) is 36.4 Å². The van der Waals surface area contributed by atoms with E-state index in [0.717, 1.165) is 11.1 Å². The van der Waals surface area contributed by atoms with Crippen molar-refractivity contribution in [1.82, 2.24) is 10.2 Å². The first-order chi connectivity index (χ1) is 20.6. The molecule has 4 aliphatic rings. The molecule has 5 N–H and O–H groups in total. The molecule has 6 atom stereocenters. The molecule has 11 nitrogen and oxygen atoms in total. The molecule has 1 spiro atoms. The maximum atomic E-state index is 13.1. The number of esters is 1. The van der Waals surface area contributed by atoms with Crippen LogP contribution >= 0.6 is 0 Å². The molecule has 1 amide bonds. The van der Waals surface area contributed by atoms with E-state index in [9.17, 15) is 38.1 Å². The van der Waals surface area contributed by atoms with Crippen LogP contribution in [0.1, 0.15) is 42.6 Å². The SMILES string of the molecule is C[C@H](NC(=O)[C@@H](O)c1ccccc1)C(=O)OC1=CC[C@]2(O)C3Cc4ccc(O)c5c4[C@@]2(CCN3C)[C@H]1O5.O=C(O)C(F)(F)F. The Hall–Kier alpha value is -4.14. The lowest BCUT2D eigenvalue weighted by Gasteiger charge is -2.61. The fraction of sp³-hybridized carbons (Fsp3) is 0.433. The summed E-state index contributed by atoms with van der Waals surface area (Å²) in [5, 5.41) is 42.8. The van der Waals surface area contributed by atoms with E-state index in [-0.39, 0.29) is 24.0 Å². The van der Waals surface area contributed by atoms with Gasteiger partial charge in [0.1, 0.15) is 11.8 Å². The highest BCUT2D eigenvalue weighted by atomic mass is 19.4. The predicted molar refractivity (Wildman–Crippen MR) is 145 cm³/mol. The molecular formula is C30H31F3N2O9. The third-order valence-electron chi connectivity index (χ3n) is 8.89. The highest BCUT2D eigenvalue weighted by Crippen LogP contribution is 2.65. The van der Waals surface area contributed by atoms with Crippen LogP contribution in [-0.2, 0) is 31.0 Å². The van der Waals surface area contributed by atoms with E-state index in [2.05, 4.69) is 10.2 Å². The molecule has 2 aliphatic carbocycles. The van der Waals surface area contributed by atoms with Gasteiger partial charge in [-0.05, 0) is 56.6 Å². The van der Waals surface area contributed by atoms with Gasteiger partial charge in [0.25, 0.3) is 5.91 Å². The average Bonchev–Trinajstić information content (AvgIpc) is 3.34. The Morgan fingerprint density at radius 2 is 1.82 bits per heavy atom. The maximum Gasteiger partial charge on any atom is 0.490 e. The molecule has 2 bridgehead atoms. The van der Waals surface area contributed by atoms with Gasteiger partial charge in [-0.2, -0.15) is 13.2 Å². The zero-order chi connectivity index (χ0) is 32.2. The van der Waals surface area contributed by atoms with Crippen LogP contribution in [0.3, 0.4) is 0 Å². The highest BCUT2D eigenvalue weighted by Gasteiger charge is 2.72. The second kappa shape index (κ2) is 11.1. The molecular weight excluding hydrogens is 589 g/mol. The predicted octanol–water partition coefficient (Wildman–Crippen LogP) is 2.08. The number of carboxylic acid groups (broad SMARTS) is 1. The first-order valence-corrected chi connectivity index (χ1v) is 13.8. The molecule has 2 aromatic carbocycles. The van der Waals surface area contributed by atoms with Crippen molar-refractivity contribution in [1.29, 1.82) is 0 Å². The van der Waals surface area contributed by atoms with E-state index in [1.165, 1.54) is 6.92 Å². The van der Waals surface area contributed by atoms with Crippen LogP contribution in [0.4, 0.5) is 13.2 Å². The van der Waals surface area contributed by atoms with Crippen LogP contribution in [0.2, 0.25) is 0 Å².